The molecule has 9 atom stereocenters. The lowest BCUT2D eigenvalue weighted by Crippen LogP contribution is -2.39. The molecule has 111 heavy (non-hydrogen) atoms. The molecule has 2 amide bonds. The number of likely N-dealkylation sites (N-methyl/N-ethyl adjacent to an activating group) is 3. The summed E-state index contributed by atoms with van der Waals surface area (Å²) < 4.78 is 21.6. The zero-order valence-corrected chi connectivity index (χ0v) is 69.3. The molecule has 0 aliphatic carbocycles. The molecule has 0 saturated heterocycles. The van der Waals surface area contributed by atoms with Gasteiger partial charge in [0.2, 0.25) is 11.8 Å². The number of nitrogens with one attached hydrogen (secondary N) is 6. The average molecular weight is 1630 g/mol. The molecule has 0 aromatic heterocycles. The number of aliphatic hydroxyl groups is 2. The molecule has 0 bridgehead atoms. The Kier molecular flexibility index (Phi) is 83.3. The van der Waals surface area contributed by atoms with Crippen molar-refractivity contribution in [2.75, 3.05) is 105 Å². The quantitative estimate of drug-likeness (QED) is 0.0213. The molecule has 0 aliphatic heterocycles. The van der Waals surface area contributed by atoms with Crippen LogP contribution in [0.4, 0.5) is 0 Å². The SMILES string of the molecule is C.C.CC(=O)[C@@H](N)CO.CC(=O)[C@H](CO)NCc1ccc(CNC(=O)COCCOCCCC(=O)COCCOCCNC(=O)CC[C@H](CC(=O)CCCCCCCCCCCCCCCCC(=O)O)C(=O)O)cc1.CC[C@@H](CSSC[C@H](NC)C(C)=O)C(C)=O.CC[C@H](C)[C@H](NC)C(=O)O.CC[C@H](C)[C@H](NC)C(=O)O. The lowest BCUT2D eigenvalue weighted by molar-refractivity contribution is -0.144. The summed E-state index contributed by atoms with van der Waals surface area (Å²) in [6.07, 6.45) is 19.4. The first-order valence-corrected chi connectivity index (χ1v) is 41.2. The number of carbonyl (C=O) groups is 12. The summed E-state index contributed by atoms with van der Waals surface area (Å²) in [6.45, 7) is 17.7. The van der Waals surface area contributed by atoms with Crippen LogP contribution in [-0.4, -0.2) is 237 Å². The van der Waals surface area contributed by atoms with Gasteiger partial charge in [0.1, 0.15) is 54.2 Å². The first-order chi connectivity index (χ1) is 51.9. The number of carbonyl (C=O) groups excluding carboxylic acids is 8. The number of amides is 2. The van der Waals surface area contributed by atoms with Gasteiger partial charge < -0.3 is 87.2 Å². The largest absolute Gasteiger partial charge is 0.481 e. The predicted octanol–water partition coefficient (Wildman–Crippen LogP) is 9.38. The van der Waals surface area contributed by atoms with Gasteiger partial charge in [0.25, 0.3) is 0 Å². The minimum Gasteiger partial charge on any atom is -0.481 e. The summed E-state index contributed by atoms with van der Waals surface area (Å²) in [5, 5.41) is 69.8. The number of Topliss-reactive ketones (excluding diaryl/α,β-unsaturated/α-hetero) is 6. The number of nitrogens with two attached hydrogens (primary N) is 1. The van der Waals surface area contributed by atoms with Crippen LogP contribution in [0.2, 0.25) is 0 Å². The van der Waals surface area contributed by atoms with Crippen LogP contribution in [0.15, 0.2) is 24.3 Å². The van der Waals surface area contributed by atoms with E-state index in [9.17, 15) is 67.7 Å². The summed E-state index contributed by atoms with van der Waals surface area (Å²) in [5.41, 5.74) is 6.86. The number of ether oxygens (including phenoxy) is 4. The maximum Gasteiger partial charge on any atom is 0.320 e. The molecule has 14 N–H and O–H groups in total. The Morgan fingerprint density at radius 1 is 0.441 bits per heavy atom. The number of ketones is 6. The summed E-state index contributed by atoms with van der Waals surface area (Å²) in [7, 11) is 8.47. The van der Waals surface area contributed by atoms with Crippen LogP contribution < -0.4 is 37.6 Å². The molecule has 1 aromatic rings. The van der Waals surface area contributed by atoms with Gasteiger partial charge in [0.15, 0.2) is 5.78 Å². The number of unbranched alkanes of at least 4 members (excludes halogenated alkanes) is 13. The van der Waals surface area contributed by atoms with E-state index >= 15 is 0 Å². The highest BCUT2D eigenvalue weighted by Crippen LogP contribution is 2.26. The molecule has 0 unspecified atom stereocenters. The Hall–Kier alpha value is -5.68. The third-order valence-electron chi connectivity index (χ3n) is 17.7. The Balaban J connectivity index is -0.000000488. The van der Waals surface area contributed by atoms with Crippen LogP contribution in [0.25, 0.3) is 0 Å². The van der Waals surface area contributed by atoms with Crippen molar-refractivity contribution in [3.63, 3.8) is 0 Å². The molecule has 0 radical (unpaired) electrons. The zero-order chi connectivity index (χ0) is 83.2. The lowest BCUT2D eigenvalue weighted by Gasteiger charge is -2.16. The highest BCUT2D eigenvalue weighted by molar-refractivity contribution is 8.76. The molecule has 0 saturated carbocycles. The first-order valence-electron chi connectivity index (χ1n) is 38.7. The Bertz CT molecular complexity index is 2550. The molecule has 1 rings (SSSR count). The topological polar surface area (TPSA) is 461 Å². The van der Waals surface area contributed by atoms with E-state index in [1.165, 1.54) is 58.8 Å². The maximum absolute atomic E-state index is 12.5. The van der Waals surface area contributed by atoms with Gasteiger partial charge in [-0.3, -0.25) is 57.5 Å². The molecule has 648 valence electrons. The van der Waals surface area contributed by atoms with E-state index in [2.05, 4.69) is 31.9 Å². The van der Waals surface area contributed by atoms with E-state index in [0.29, 0.717) is 32.5 Å². The fraction of sp³-hybridized carbons (Fsp3) is 0.775. The number of hydrogen-bond donors (Lipinski definition) is 13. The van der Waals surface area contributed by atoms with Gasteiger partial charge in [-0.25, -0.2) is 0 Å². The Morgan fingerprint density at radius 3 is 1.27 bits per heavy atom. The van der Waals surface area contributed by atoms with Gasteiger partial charge in [-0.15, -0.1) is 0 Å². The second kappa shape index (κ2) is 79.5. The molecular weight excluding hydrogens is 1480 g/mol. The van der Waals surface area contributed by atoms with Crippen molar-refractivity contribution in [3.8, 4) is 0 Å². The van der Waals surface area contributed by atoms with Crippen LogP contribution in [0.1, 0.15) is 242 Å². The summed E-state index contributed by atoms with van der Waals surface area (Å²) >= 11 is 0. The van der Waals surface area contributed by atoms with Gasteiger partial charge in [-0.05, 0) is 104 Å². The van der Waals surface area contributed by atoms with Crippen LogP contribution in [-0.2, 0) is 89.6 Å². The highest BCUT2D eigenvalue weighted by Gasteiger charge is 2.24. The second-order valence-corrected chi connectivity index (χ2v) is 29.5. The first kappa shape index (κ1) is 116. The van der Waals surface area contributed by atoms with E-state index in [4.69, 9.17) is 45.1 Å². The standard InChI is InChI=1S/C49H81N3O14.C11H21NO2S2.2C7H15NO2.C4H9NO2.2CH4/c1-39(54)45(36-53)51-34-40-20-22-41(23-21-40)35-52-47(58)38-66-32-29-63-27-16-18-44(56)37-65-31-30-64-28-26-50-46(57)25-24-42(49(61)62)33-43(55)17-14-12-10-8-6-4-2-3-5-7-9-11-13-15-19-48(59)60;1-5-10(8(2)13)6-15-16-7-11(12-4)9(3)14;2*1-4-5(2)6(8-3)7(9)10;1-3(7)4(5)2-6;;/h20-23,42,45,51,53H,2-19,24-38H2,1H3,(H,50,57)(H,52,58)(H,59,60)(H,61,62);10-12H,5-7H2,1-4H3;2*5-6,8H,4H2,1-3H3,(H,9,10);4,6H,2,5H2,1H3;2*1H4/t42-,45+;10-,11-;2*5-,6-;4-;;/m10000../s1. The number of aliphatic carboxylic acids is 4. The van der Waals surface area contributed by atoms with Crippen LogP contribution in [0.3, 0.4) is 0 Å². The van der Waals surface area contributed by atoms with Crippen LogP contribution >= 0.6 is 21.6 Å². The number of benzene rings is 1. The van der Waals surface area contributed by atoms with Crippen molar-refractivity contribution in [1.29, 1.82) is 0 Å². The number of aliphatic hydroxyl groups excluding tert-OH is 2. The molecule has 0 fully saturated rings. The van der Waals surface area contributed by atoms with Crippen LogP contribution in [0, 0.1) is 23.7 Å². The molecule has 0 spiro atoms. The Morgan fingerprint density at radius 2 is 0.883 bits per heavy atom. The van der Waals surface area contributed by atoms with E-state index in [-0.39, 0.29) is 183 Å². The van der Waals surface area contributed by atoms with Crippen molar-refractivity contribution in [2.45, 2.75) is 275 Å². The monoisotopic (exact) mass is 1620 g/mol. The summed E-state index contributed by atoms with van der Waals surface area (Å²) in [4.78, 5) is 136. The fourth-order valence-electron chi connectivity index (χ4n) is 9.98. The highest BCUT2D eigenvalue weighted by atomic mass is 33.1. The Labute approximate surface area is 672 Å². The van der Waals surface area contributed by atoms with Crippen molar-refractivity contribution in [2.24, 2.45) is 29.4 Å². The van der Waals surface area contributed by atoms with Gasteiger partial charge in [-0.1, -0.05) is 185 Å². The number of carboxylic acids is 4. The summed E-state index contributed by atoms with van der Waals surface area (Å²) in [6, 6.07) is 5.38. The normalized spacial score (nSPS) is 13.1. The lowest BCUT2D eigenvalue weighted by atomic mass is 9.94. The smallest absolute Gasteiger partial charge is 0.320 e. The van der Waals surface area contributed by atoms with Crippen molar-refractivity contribution < 1.29 is 107 Å². The molecule has 29 nitrogen and oxygen atoms in total. The van der Waals surface area contributed by atoms with E-state index in [1.54, 1.807) is 56.6 Å². The molecule has 1 aromatic carbocycles. The van der Waals surface area contributed by atoms with Crippen molar-refractivity contribution >= 4 is 92.0 Å². The zero-order valence-electron chi connectivity index (χ0n) is 67.7. The fourth-order valence-corrected chi connectivity index (χ4v) is 12.8. The van der Waals surface area contributed by atoms with Crippen molar-refractivity contribution in [3.05, 3.63) is 35.4 Å². The molecule has 0 aliphatic rings. The average Bonchev–Trinajstić information content (AvgIpc) is 0.982. The molecule has 0 heterocycles. The minimum absolute atomic E-state index is 0. The van der Waals surface area contributed by atoms with Gasteiger partial charge in [-0.2, -0.15) is 0 Å². The number of carboxylic acid groups (broad SMARTS) is 4. The summed E-state index contributed by atoms with van der Waals surface area (Å²) in [5.74, 6) is -2.68. The van der Waals surface area contributed by atoms with Crippen LogP contribution in [0.5, 0.6) is 0 Å². The minimum atomic E-state index is -1.07. The van der Waals surface area contributed by atoms with E-state index in [1.807, 2.05) is 58.9 Å². The van der Waals surface area contributed by atoms with Gasteiger partial charge >= 0.3 is 23.9 Å². The van der Waals surface area contributed by atoms with Crippen molar-refractivity contribution in [1.82, 2.24) is 31.9 Å². The molecular formula is C80H149N7O22S2. The number of rotatable bonds is 66. The second-order valence-electron chi connectivity index (χ2n) is 26.9. The maximum atomic E-state index is 12.5. The van der Waals surface area contributed by atoms with E-state index < -0.39 is 54.0 Å². The molecule has 31 heteroatoms. The predicted molar refractivity (Wildman–Crippen MR) is 441 cm³/mol. The third-order valence-corrected chi connectivity index (χ3v) is 20.2. The number of hydrogen-bond acceptors (Lipinski definition) is 25. The van der Waals surface area contributed by atoms with Gasteiger partial charge in [0.05, 0.1) is 70.3 Å². The van der Waals surface area contributed by atoms with Gasteiger partial charge in [0, 0.05) is 75.8 Å². The van der Waals surface area contributed by atoms with E-state index in [0.717, 1.165) is 86.8 Å². The third kappa shape index (κ3) is 71.8.